The third-order valence-electron chi connectivity index (χ3n) is 4.96. The minimum atomic E-state index is -0.177. The summed E-state index contributed by atoms with van der Waals surface area (Å²) in [5, 5.41) is 4.70. The van der Waals surface area contributed by atoms with Crippen molar-refractivity contribution in [1.82, 2.24) is 4.90 Å². The van der Waals surface area contributed by atoms with Crippen LogP contribution in [0.4, 0.5) is 11.4 Å². The summed E-state index contributed by atoms with van der Waals surface area (Å²) in [7, 11) is 0. The zero-order chi connectivity index (χ0) is 18.8. The van der Waals surface area contributed by atoms with Crippen molar-refractivity contribution in [1.29, 1.82) is 0 Å². The maximum absolute atomic E-state index is 12.8. The molecule has 1 aromatic carbocycles. The number of anilines is 2. The van der Waals surface area contributed by atoms with Gasteiger partial charge in [-0.2, -0.15) is 0 Å². The molecule has 140 valence electrons. The monoisotopic (exact) mass is 385 g/mol. The van der Waals surface area contributed by atoms with Gasteiger partial charge in [-0.25, -0.2) is 0 Å². The van der Waals surface area contributed by atoms with Crippen molar-refractivity contribution < 1.29 is 19.3 Å². The summed E-state index contributed by atoms with van der Waals surface area (Å²) in [5.41, 5.74) is 1.41. The molecule has 2 aliphatic rings. The van der Waals surface area contributed by atoms with E-state index in [1.165, 1.54) is 11.3 Å². The third-order valence-corrected chi connectivity index (χ3v) is 5.82. The number of carbonyl (C=O) groups is 3. The van der Waals surface area contributed by atoms with Crippen molar-refractivity contribution in [2.45, 2.75) is 0 Å². The molecule has 0 aliphatic carbocycles. The molecule has 4 rings (SSSR count). The van der Waals surface area contributed by atoms with E-state index in [0.717, 1.165) is 28.6 Å². The Hall–Kier alpha value is -2.71. The van der Waals surface area contributed by atoms with Crippen LogP contribution in [0.2, 0.25) is 0 Å². The smallest absolute Gasteiger partial charge is 0.282 e. The Labute approximate surface area is 161 Å². The zero-order valence-corrected chi connectivity index (χ0v) is 15.6. The van der Waals surface area contributed by atoms with Crippen LogP contribution in [0, 0.1) is 0 Å². The number of hydrogen-bond acceptors (Lipinski definition) is 4. The number of thiophene rings is 1. The van der Waals surface area contributed by atoms with Gasteiger partial charge in [0.2, 0.25) is 5.91 Å². The molecule has 2 aromatic rings. The van der Waals surface area contributed by atoms with Crippen LogP contribution in [0.1, 0.15) is 9.67 Å². The van der Waals surface area contributed by atoms with Crippen LogP contribution in [0.5, 0.6) is 0 Å². The topological polar surface area (TPSA) is 74.2 Å². The number of quaternary nitrogens is 1. The summed E-state index contributed by atoms with van der Waals surface area (Å²) < 4.78 is 0. The molecule has 7 nitrogen and oxygen atoms in total. The van der Waals surface area contributed by atoms with E-state index < -0.39 is 0 Å². The number of nitrogens with zero attached hydrogens (tertiary/aromatic N) is 2. The van der Waals surface area contributed by atoms with Crippen LogP contribution in [-0.4, -0.2) is 61.9 Å². The lowest BCUT2D eigenvalue weighted by atomic mass is 10.2. The van der Waals surface area contributed by atoms with E-state index in [9.17, 15) is 14.4 Å². The molecule has 0 unspecified atom stereocenters. The van der Waals surface area contributed by atoms with Gasteiger partial charge in [0.25, 0.3) is 11.8 Å². The zero-order valence-electron chi connectivity index (χ0n) is 14.8. The third kappa shape index (κ3) is 3.72. The van der Waals surface area contributed by atoms with E-state index in [1.807, 2.05) is 40.6 Å². The van der Waals surface area contributed by atoms with Gasteiger partial charge < -0.3 is 15.1 Å². The fraction of sp³-hybridized carbons (Fsp3) is 0.316. The fourth-order valence-corrected chi connectivity index (χ4v) is 4.21. The number of hydrogen-bond donors (Lipinski definition) is 2. The number of amides is 3. The number of fused-ring (bicyclic) bond motifs is 1. The van der Waals surface area contributed by atoms with Crippen molar-refractivity contribution in [3.63, 3.8) is 0 Å². The highest BCUT2D eigenvalue weighted by atomic mass is 32.1. The van der Waals surface area contributed by atoms with Crippen LogP contribution in [0.15, 0.2) is 41.8 Å². The van der Waals surface area contributed by atoms with Crippen molar-refractivity contribution in [2.75, 3.05) is 49.5 Å². The predicted octanol–water partition coefficient (Wildman–Crippen LogP) is 0.0741. The molecule has 2 aliphatic heterocycles. The van der Waals surface area contributed by atoms with Crippen LogP contribution in [0.25, 0.3) is 0 Å². The first-order chi connectivity index (χ1) is 13.1. The standard InChI is InChI=1S/C19H20N4O3S/c24-17-12-23(15-5-2-1-4-14(15)20-17)18(25)13-21-7-9-22(10-8-21)19(26)16-6-3-11-27-16/h1-6,11H,7-10,12-13H2,(H,20,24)/p+1. The van der Waals surface area contributed by atoms with Gasteiger partial charge in [-0.05, 0) is 23.6 Å². The molecular weight excluding hydrogens is 364 g/mol. The molecule has 0 bridgehead atoms. The number of rotatable bonds is 3. The van der Waals surface area contributed by atoms with Gasteiger partial charge in [-0.1, -0.05) is 18.2 Å². The van der Waals surface area contributed by atoms with E-state index in [-0.39, 0.29) is 24.3 Å². The Morgan fingerprint density at radius 1 is 1.11 bits per heavy atom. The molecule has 0 radical (unpaired) electrons. The summed E-state index contributed by atoms with van der Waals surface area (Å²) in [6, 6.07) is 11.1. The highest BCUT2D eigenvalue weighted by Crippen LogP contribution is 2.28. The van der Waals surface area contributed by atoms with Gasteiger partial charge in [0, 0.05) is 0 Å². The fourth-order valence-electron chi connectivity index (χ4n) is 3.52. The van der Waals surface area contributed by atoms with Crippen LogP contribution >= 0.6 is 11.3 Å². The molecule has 27 heavy (non-hydrogen) atoms. The van der Waals surface area contributed by atoms with Gasteiger partial charge in [-0.3, -0.25) is 19.3 Å². The van der Waals surface area contributed by atoms with Gasteiger partial charge >= 0.3 is 0 Å². The Morgan fingerprint density at radius 3 is 2.63 bits per heavy atom. The highest BCUT2D eigenvalue weighted by Gasteiger charge is 2.31. The minimum Gasteiger partial charge on any atom is -0.327 e. The average molecular weight is 385 g/mol. The van der Waals surface area contributed by atoms with Crippen LogP contribution < -0.4 is 15.1 Å². The molecular formula is C19H21N4O3S+. The van der Waals surface area contributed by atoms with Gasteiger partial charge in [0.1, 0.15) is 6.54 Å². The largest absolute Gasteiger partial charge is 0.327 e. The SMILES string of the molecule is O=C1CN(C(=O)C[NH+]2CCN(C(=O)c3cccs3)CC2)c2ccccc2N1. The molecule has 0 saturated carbocycles. The van der Waals surface area contributed by atoms with E-state index in [1.54, 1.807) is 11.0 Å². The van der Waals surface area contributed by atoms with E-state index in [4.69, 9.17) is 0 Å². The molecule has 3 amide bonds. The second-order valence-electron chi connectivity index (χ2n) is 6.74. The second-order valence-corrected chi connectivity index (χ2v) is 7.69. The van der Waals surface area contributed by atoms with Crippen molar-refractivity contribution in [3.8, 4) is 0 Å². The first-order valence-electron chi connectivity index (χ1n) is 8.97. The molecule has 3 heterocycles. The number of benzene rings is 1. The Kier molecular flexibility index (Phi) is 4.91. The summed E-state index contributed by atoms with van der Waals surface area (Å²) in [4.78, 5) is 42.5. The molecule has 8 heteroatoms. The summed E-state index contributed by atoms with van der Waals surface area (Å²) >= 11 is 1.45. The summed E-state index contributed by atoms with van der Waals surface area (Å²) in [6.45, 7) is 3.09. The number of nitrogens with one attached hydrogen (secondary N) is 2. The lowest BCUT2D eigenvalue weighted by Gasteiger charge is -2.34. The predicted molar refractivity (Wildman–Crippen MR) is 103 cm³/mol. The molecule has 1 saturated heterocycles. The van der Waals surface area contributed by atoms with Crippen molar-refractivity contribution in [3.05, 3.63) is 46.7 Å². The average Bonchev–Trinajstić information content (AvgIpc) is 3.22. The lowest BCUT2D eigenvalue weighted by molar-refractivity contribution is -0.895. The van der Waals surface area contributed by atoms with Crippen LogP contribution in [-0.2, 0) is 9.59 Å². The second kappa shape index (κ2) is 7.50. The van der Waals surface area contributed by atoms with E-state index in [2.05, 4.69) is 5.32 Å². The van der Waals surface area contributed by atoms with Gasteiger partial charge in [0.05, 0.1) is 42.4 Å². The highest BCUT2D eigenvalue weighted by molar-refractivity contribution is 7.12. The van der Waals surface area contributed by atoms with E-state index in [0.29, 0.717) is 25.3 Å². The molecule has 0 spiro atoms. The first-order valence-corrected chi connectivity index (χ1v) is 9.85. The van der Waals surface area contributed by atoms with Crippen LogP contribution in [0.3, 0.4) is 0 Å². The van der Waals surface area contributed by atoms with Gasteiger partial charge in [-0.15, -0.1) is 11.3 Å². The molecule has 1 fully saturated rings. The lowest BCUT2D eigenvalue weighted by Crippen LogP contribution is -3.16. The Morgan fingerprint density at radius 2 is 1.89 bits per heavy atom. The van der Waals surface area contributed by atoms with Crippen molar-refractivity contribution in [2.24, 2.45) is 0 Å². The molecule has 1 aromatic heterocycles. The number of piperazine rings is 1. The Balaban J connectivity index is 1.36. The maximum atomic E-state index is 12.8. The minimum absolute atomic E-state index is 0.0477. The Bertz CT molecular complexity index is 860. The molecule has 2 N–H and O–H groups in total. The number of carbonyl (C=O) groups excluding carboxylic acids is 3. The molecule has 0 atom stereocenters. The quantitative estimate of drug-likeness (QED) is 0.786. The van der Waals surface area contributed by atoms with Gasteiger partial charge in [0.15, 0.2) is 6.54 Å². The normalized spacial score (nSPS) is 17.4. The van der Waals surface area contributed by atoms with Crippen molar-refractivity contribution >= 4 is 40.4 Å². The summed E-state index contributed by atoms with van der Waals surface area (Å²) in [6.07, 6.45) is 0. The summed E-state index contributed by atoms with van der Waals surface area (Å²) in [5.74, 6) is -0.175. The first kappa shape index (κ1) is 17.7. The maximum Gasteiger partial charge on any atom is 0.282 e. The number of para-hydroxylation sites is 2. The van der Waals surface area contributed by atoms with E-state index >= 15 is 0 Å².